The minimum Gasteiger partial charge on any atom is -0.319 e. The minimum absolute atomic E-state index is 0.00984. The molecule has 4 amide bonds. The number of nitrogens with one attached hydrogen (secondary N) is 3. The SMILES string of the molecule is CC(C)(C)CN1CCN(Cc2ccc(NC(=O)N3CCS(=O)(=O)CC3Cc3ccc(C(=O)NNC(=O)C(F)(F)F)cc3F)cc2)CC1. The molecule has 2 fully saturated rings. The van der Waals surface area contributed by atoms with Crippen molar-refractivity contribution in [2.24, 2.45) is 5.41 Å². The predicted octanol–water partition coefficient (Wildman–Crippen LogP) is 3.19. The van der Waals surface area contributed by atoms with Crippen molar-refractivity contribution in [2.75, 3.05) is 56.1 Å². The van der Waals surface area contributed by atoms with E-state index < -0.39 is 51.5 Å². The molecule has 4 rings (SSSR count). The van der Waals surface area contributed by atoms with Gasteiger partial charge in [-0.15, -0.1) is 0 Å². The molecule has 2 aromatic carbocycles. The molecule has 258 valence electrons. The molecule has 0 spiro atoms. The molecular formula is C31H40F4N6O5S. The van der Waals surface area contributed by atoms with Crippen LogP contribution in [-0.4, -0.2) is 104 Å². The summed E-state index contributed by atoms with van der Waals surface area (Å²) in [5.74, 6) is -5.21. The summed E-state index contributed by atoms with van der Waals surface area (Å²) in [6.45, 7) is 12.4. The number of alkyl halides is 3. The molecule has 2 saturated heterocycles. The van der Waals surface area contributed by atoms with Crippen LogP contribution in [0.4, 0.5) is 28.0 Å². The highest BCUT2D eigenvalue weighted by Crippen LogP contribution is 2.22. The van der Waals surface area contributed by atoms with Crippen LogP contribution in [0.3, 0.4) is 0 Å². The fraction of sp³-hybridized carbons (Fsp3) is 0.516. The Bertz CT molecular complexity index is 1560. The van der Waals surface area contributed by atoms with Gasteiger partial charge in [-0.3, -0.25) is 25.3 Å². The molecule has 3 N–H and O–H groups in total. The summed E-state index contributed by atoms with van der Waals surface area (Å²) in [4.78, 5) is 42.5. The molecule has 1 atom stereocenters. The predicted molar refractivity (Wildman–Crippen MR) is 168 cm³/mol. The van der Waals surface area contributed by atoms with Crippen LogP contribution >= 0.6 is 0 Å². The van der Waals surface area contributed by atoms with Crippen LogP contribution in [0.15, 0.2) is 42.5 Å². The quantitative estimate of drug-likeness (QED) is 0.302. The maximum absolute atomic E-state index is 15.0. The van der Waals surface area contributed by atoms with Crippen molar-refractivity contribution in [1.82, 2.24) is 25.6 Å². The third-order valence-corrected chi connectivity index (χ3v) is 9.58. The van der Waals surface area contributed by atoms with Crippen LogP contribution in [0.1, 0.15) is 42.3 Å². The highest BCUT2D eigenvalue weighted by atomic mass is 32.2. The van der Waals surface area contributed by atoms with E-state index in [1.165, 1.54) is 16.4 Å². The van der Waals surface area contributed by atoms with Crippen molar-refractivity contribution in [2.45, 2.75) is 46.0 Å². The van der Waals surface area contributed by atoms with Gasteiger partial charge in [-0.25, -0.2) is 17.6 Å². The molecule has 0 bridgehead atoms. The molecular weight excluding hydrogens is 644 g/mol. The van der Waals surface area contributed by atoms with E-state index in [1.807, 2.05) is 12.1 Å². The topological polar surface area (TPSA) is 131 Å². The van der Waals surface area contributed by atoms with Gasteiger partial charge in [0.1, 0.15) is 5.82 Å². The van der Waals surface area contributed by atoms with Gasteiger partial charge in [0.05, 0.1) is 17.5 Å². The summed E-state index contributed by atoms with van der Waals surface area (Å²) >= 11 is 0. The summed E-state index contributed by atoms with van der Waals surface area (Å²) in [7, 11) is -3.53. The van der Waals surface area contributed by atoms with Crippen molar-refractivity contribution >= 4 is 33.4 Å². The monoisotopic (exact) mass is 684 g/mol. The van der Waals surface area contributed by atoms with Gasteiger partial charge in [0.25, 0.3) is 5.91 Å². The number of piperazine rings is 1. The molecule has 0 aromatic heterocycles. The fourth-order valence-corrected chi connectivity index (χ4v) is 7.14. The van der Waals surface area contributed by atoms with E-state index in [1.54, 1.807) is 17.6 Å². The van der Waals surface area contributed by atoms with Gasteiger partial charge in [-0.2, -0.15) is 13.2 Å². The Hall–Kier alpha value is -3.76. The maximum atomic E-state index is 15.0. The standard InChI is InChI=1S/C31H40F4N6O5S/c1-30(2,3)20-40-12-10-39(11-13-40)18-21-4-8-24(9-5-21)36-29(44)41-14-15-47(45,46)19-25(41)16-22-6-7-23(17-26(22)32)27(42)37-38-28(43)31(33,34)35/h4-9,17,25H,10-16,18-20H2,1-3H3,(H,36,44)(H,37,42)(H,38,43). The fourth-order valence-electron chi connectivity index (χ4n) is 5.61. The van der Waals surface area contributed by atoms with E-state index in [0.717, 1.165) is 57.0 Å². The lowest BCUT2D eigenvalue weighted by Crippen LogP contribution is -2.53. The number of sulfone groups is 1. The number of amides is 4. The van der Waals surface area contributed by atoms with E-state index in [2.05, 4.69) is 35.9 Å². The molecule has 47 heavy (non-hydrogen) atoms. The van der Waals surface area contributed by atoms with Gasteiger partial charge in [0, 0.05) is 57.1 Å². The molecule has 0 saturated carbocycles. The summed E-state index contributed by atoms with van der Waals surface area (Å²) in [5.41, 5.74) is 4.20. The molecule has 2 aliphatic heterocycles. The van der Waals surface area contributed by atoms with Crippen LogP contribution < -0.4 is 16.2 Å². The average molecular weight is 685 g/mol. The van der Waals surface area contributed by atoms with Gasteiger partial charge in [-0.05, 0) is 47.2 Å². The third kappa shape index (κ3) is 10.6. The van der Waals surface area contributed by atoms with E-state index >= 15 is 0 Å². The lowest BCUT2D eigenvalue weighted by atomic mass is 9.96. The van der Waals surface area contributed by atoms with Gasteiger partial charge in [-0.1, -0.05) is 39.0 Å². The zero-order chi connectivity index (χ0) is 34.6. The molecule has 2 aliphatic rings. The number of hydrogen-bond acceptors (Lipinski definition) is 7. The second-order valence-corrected chi connectivity index (χ2v) is 15.3. The van der Waals surface area contributed by atoms with Crippen LogP contribution in [0.5, 0.6) is 0 Å². The first-order chi connectivity index (χ1) is 21.9. The van der Waals surface area contributed by atoms with Crippen LogP contribution in [0, 0.1) is 11.2 Å². The third-order valence-electron chi connectivity index (χ3n) is 7.88. The second-order valence-electron chi connectivity index (χ2n) is 13.1. The van der Waals surface area contributed by atoms with Crippen molar-refractivity contribution in [3.8, 4) is 0 Å². The van der Waals surface area contributed by atoms with Crippen LogP contribution in [0.25, 0.3) is 0 Å². The number of hydrogen-bond donors (Lipinski definition) is 3. The largest absolute Gasteiger partial charge is 0.472 e. The Morgan fingerprint density at radius 2 is 1.53 bits per heavy atom. The highest BCUT2D eigenvalue weighted by molar-refractivity contribution is 7.91. The minimum atomic E-state index is -5.23. The Labute approximate surface area is 271 Å². The van der Waals surface area contributed by atoms with E-state index in [0.29, 0.717) is 5.69 Å². The highest BCUT2D eigenvalue weighted by Gasteiger charge is 2.39. The number of halogens is 4. The lowest BCUT2D eigenvalue weighted by molar-refractivity contribution is -0.174. The number of carbonyl (C=O) groups is 3. The van der Waals surface area contributed by atoms with Crippen molar-refractivity contribution in [3.63, 3.8) is 0 Å². The van der Waals surface area contributed by atoms with Gasteiger partial charge >= 0.3 is 18.1 Å². The molecule has 0 aliphatic carbocycles. The Morgan fingerprint density at radius 3 is 2.13 bits per heavy atom. The van der Waals surface area contributed by atoms with Crippen molar-refractivity contribution in [1.29, 1.82) is 0 Å². The lowest BCUT2D eigenvalue weighted by Gasteiger charge is -2.37. The Kier molecular flexibility index (Phi) is 11.2. The molecule has 11 nitrogen and oxygen atoms in total. The zero-order valence-electron chi connectivity index (χ0n) is 26.5. The maximum Gasteiger partial charge on any atom is 0.472 e. The van der Waals surface area contributed by atoms with Gasteiger partial charge in [0.15, 0.2) is 9.84 Å². The molecule has 0 radical (unpaired) electrons. The summed E-state index contributed by atoms with van der Waals surface area (Å²) in [6.07, 6.45) is -5.43. The molecule has 2 aromatic rings. The van der Waals surface area contributed by atoms with E-state index in [4.69, 9.17) is 0 Å². The Balaban J connectivity index is 1.35. The zero-order valence-corrected chi connectivity index (χ0v) is 27.3. The summed E-state index contributed by atoms with van der Waals surface area (Å²) < 4.78 is 76.9. The number of rotatable bonds is 7. The number of hydrazine groups is 1. The number of urea groups is 1. The number of carbonyl (C=O) groups excluding carboxylic acids is 3. The van der Waals surface area contributed by atoms with Gasteiger partial charge < -0.3 is 15.1 Å². The summed E-state index contributed by atoms with van der Waals surface area (Å²) in [5, 5.41) is 2.80. The first-order valence-electron chi connectivity index (χ1n) is 15.2. The van der Waals surface area contributed by atoms with E-state index in [9.17, 15) is 40.4 Å². The second kappa shape index (κ2) is 14.6. The Morgan fingerprint density at radius 1 is 0.894 bits per heavy atom. The first-order valence-corrected chi connectivity index (χ1v) is 17.0. The van der Waals surface area contributed by atoms with Crippen molar-refractivity contribution < 1.29 is 40.4 Å². The van der Waals surface area contributed by atoms with Crippen molar-refractivity contribution in [3.05, 3.63) is 65.0 Å². The number of anilines is 1. The number of benzene rings is 2. The van der Waals surface area contributed by atoms with Crippen LogP contribution in [0.2, 0.25) is 0 Å². The molecule has 16 heteroatoms. The first kappa shape index (κ1) is 36.1. The van der Waals surface area contributed by atoms with Crippen LogP contribution in [-0.2, 0) is 27.6 Å². The molecule has 2 heterocycles. The average Bonchev–Trinajstić information content (AvgIpc) is 2.97. The van der Waals surface area contributed by atoms with Gasteiger partial charge in [0.2, 0.25) is 0 Å². The molecule has 1 unspecified atom stereocenters. The smallest absolute Gasteiger partial charge is 0.319 e. The van der Waals surface area contributed by atoms with E-state index in [-0.39, 0.29) is 35.3 Å². The summed E-state index contributed by atoms with van der Waals surface area (Å²) in [6, 6.07) is 8.97. The normalized spacial score (nSPS) is 19.2. The number of nitrogens with zero attached hydrogens (tertiary/aromatic N) is 3.